The lowest BCUT2D eigenvalue weighted by Crippen LogP contribution is -2.12. The maximum absolute atomic E-state index is 2.44. The summed E-state index contributed by atoms with van der Waals surface area (Å²) in [6.45, 7) is 0. The number of aromatic nitrogens is 1. The third kappa shape index (κ3) is 6.93. The molecule has 0 fully saturated rings. The van der Waals surface area contributed by atoms with Crippen molar-refractivity contribution in [3.63, 3.8) is 0 Å². The minimum atomic E-state index is 1.07. The molecule has 12 aromatic rings. The molecule has 12 rings (SSSR count). The van der Waals surface area contributed by atoms with Gasteiger partial charge in [0.05, 0.1) is 16.7 Å². The summed E-state index contributed by atoms with van der Waals surface area (Å²) in [5.74, 6) is 0. The van der Waals surface area contributed by atoms with Crippen LogP contribution in [0.15, 0.2) is 267 Å². The van der Waals surface area contributed by atoms with Gasteiger partial charge in [0.1, 0.15) is 0 Å². The lowest BCUT2D eigenvalue weighted by atomic mass is 9.87. The van der Waals surface area contributed by atoms with E-state index in [9.17, 15) is 0 Å². The fraction of sp³-hybridized carbons (Fsp3) is 0. The molecule has 0 N–H and O–H groups in total. The quantitative estimate of drug-likeness (QED) is 0.141. The highest BCUT2D eigenvalue weighted by molar-refractivity contribution is 6.10. The molecular formula is C64H44N2. The van der Waals surface area contributed by atoms with Gasteiger partial charge >= 0.3 is 0 Å². The van der Waals surface area contributed by atoms with Gasteiger partial charge in [-0.25, -0.2) is 0 Å². The highest BCUT2D eigenvalue weighted by Crippen LogP contribution is 2.48. The van der Waals surface area contributed by atoms with Gasteiger partial charge in [-0.2, -0.15) is 0 Å². The average Bonchev–Trinajstić information content (AvgIpc) is 3.73. The Morgan fingerprint density at radius 1 is 0.273 bits per heavy atom. The topological polar surface area (TPSA) is 8.17 Å². The fourth-order valence-electron chi connectivity index (χ4n) is 9.94. The van der Waals surface area contributed by atoms with Crippen molar-refractivity contribution < 1.29 is 0 Å². The predicted molar refractivity (Wildman–Crippen MR) is 280 cm³/mol. The van der Waals surface area contributed by atoms with Gasteiger partial charge in [-0.15, -0.1) is 0 Å². The monoisotopic (exact) mass is 840 g/mol. The molecule has 0 spiro atoms. The lowest BCUT2D eigenvalue weighted by Gasteiger charge is -2.30. The lowest BCUT2D eigenvalue weighted by molar-refractivity contribution is 1.18. The average molecular weight is 841 g/mol. The highest BCUT2D eigenvalue weighted by Gasteiger charge is 2.23. The summed E-state index contributed by atoms with van der Waals surface area (Å²) in [5, 5.41) is 4.97. The molecule has 66 heavy (non-hydrogen) atoms. The number of benzene rings is 11. The molecule has 310 valence electrons. The summed E-state index contributed by atoms with van der Waals surface area (Å²) >= 11 is 0. The van der Waals surface area contributed by atoms with Gasteiger partial charge in [-0.1, -0.05) is 206 Å². The third-order valence-electron chi connectivity index (χ3n) is 13.0. The summed E-state index contributed by atoms with van der Waals surface area (Å²) in [6.07, 6.45) is 0. The molecule has 0 unspecified atom stereocenters. The molecule has 0 radical (unpaired) electrons. The van der Waals surface area contributed by atoms with Crippen molar-refractivity contribution in [3.05, 3.63) is 267 Å². The van der Waals surface area contributed by atoms with Crippen LogP contribution in [-0.2, 0) is 0 Å². The second kappa shape index (κ2) is 16.8. The van der Waals surface area contributed by atoms with Crippen LogP contribution in [0, 0.1) is 0 Å². The van der Waals surface area contributed by atoms with E-state index >= 15 is 0 Å². The van der Waals surface area contributed by atoms with Crippen molar-refractivity contribution in [1.29, 1.82) is 0 Å². The minimum absolute atomic E-state index is 1.07. The molecule has 0 atom stereocenters. The van der Waals surface area contributed by atoms with Crippen molar-refractivity contribution in [2.45, 2.75) is 0 Å². The summed E-state index contributed by atoms with van der Waals surface area (Å²) in [6, 6.07) is 96.9. The Morgan fingerprint density at radius 3 is 1.48 bits per heavy atom. The molecule has 0 saturated heterocycles. The van der Waals surface area contributed by atoms with Gasteiger partial charge in [-0.3, -0.25) is 0 Å². The van der Waals surface area contributed by atoms with Crippen molar-refractivity contribution in [3.8, 4) is 61.3 Å². The number of fused-ring (bicyclic) bond motifs is 4. The normalized spacial score (nSPS) is 11.3. The van der Waals surface area contributed by atoms with Crippen LogP contribution in [-0.4, -0.2) is 4.57 Å². The van der Waals surface area contributed by atoms with Crippen LogP contribution in [0.4, 0.5) is 17.1 Å². The van der Waals surface area contributed by atoms with Crippen LogP contribution in [0.1, 0.15) is 0 Å². The Balaban J connectivity index is 1.04. The number of rotatable bonds is 9. The number of hydrogen-bond donors (Lipinski definition) is 0. The molecule has 0 aliphatic carbocycles. The zero-order chi connectivity index (χ0) is 43.8. The largest absolute Gasteiger partial charge is 0.310 e. The Morgan fingerprint density at radius 2 is 0.758 bits per heavy atom. The molecule has 1 heterocycles. The second-order valence-electron chi connectivity index (χ2n) is 16.9. The Hall–Kier alpha value is -8.72. The highest BCUT2D eigenvalue weighted by atomic mass is 15.1. The summed E-state index contributed by atoms with van der Waals surface area (Å²) < 4.78 is 2.37. The van der Waals surface area contributed by atoms with E-state index in [1.165, 1.54) is 82.6 Å². The van der Waals surface area contributed by atoms with Crippen molar-refractivity contribution >= 4 is 49.6 Å². The van der Waals surface area contributed by atoms with E-state index in [-0.39, 0.29) is 0 Å². The number of para-hydroxylation sites is 2. The molecule has 1 aromatic heterocycles. The maximum Gasteiger partial charge on any atom is 0.0546 e. The number of anilines is 3. The molecule has 0 amide bonds. The van der Waals surface area contributed by atoms with Gasteiger partial charge in [0.25, 0.3) is 0 Å². The first kappa shape index (κ1) is 38.9. The first-order valence-electron chi connectivity index (χ1n) is 22.7. The fourth-order valence-corrected chi connectivity index (χ4v) is 9.94. The van der Waals surface area contributed by atoms with Crippen LogP contribution in [0.2, 0.25) is 0 Å². The summed E-state index contributed by atoms with van der Waals surface area (Å²) in [7, 11) is 0. The molecule has 0 bridgehead atoms. The maximum atomic E-state index is 2.44. The molecule has 0 saturated carbocycles. The second-order valence-corrected chi connectivity index (χ2v) is 16.9. The van der Waals surface area contributed by atoms with Crippen molar-refractivity contribution in [2.75, 3.05) is 4.90 Å². The van der Waals surface area contributed by atoms with Crippen LogP contribution < -0.4 is 4.90 Å². The summed E-state index contributed by atoms with van der Waals surface area (Å²) in [4.78, 5) is 2.44. The van der Waals surface area contributed by atoms with Gasteiger partial charge in [0.2, 0.25) is 0 Å². The summed E-state index contributed by atoms with van der Waals surface area (Å²) in [5.41, 5.74) is 18.6. The zero-order valence-corrected chi connectivity index (χ0v) is 36.3. The SMILES string of the molecule is c1ccc(-c2ccccc2-c2c(-c3ccccc3)cccc2N(c2ccc(-c3ccc4c(c3)c3ccccc3n4-c3ccccc3)cc2)c2ccc(-c3cccc4ccccc34)cc2)cc1. The standard InChI is InChI=1S/C64H44N2/c1-4-18-46(19-5-1)56-27-12-13-29-59(56)64-57(48-20-6-2-7-21-48)31-17-33-63(64)65(53-41-36-49(37-42-53)55-30-16-23-47-22-10-11-26-54(47)55)52-39-34-45(35-40-52)50-38-43-62-60(44-50)58-28-14-15-32-61(58)66(62)51-24-8-3-9-25-51/h1-44H. The number of hydrogen-bond acceptors (Lipinski definition) is 1. The molecule has 11 aromatic carbocycles. The van der Waals surface area contributed by atoms with E-state index in [2.05, 4.69) is 276 Å². The van der Waals surface area contributed by atoms with Gasteiger partial charge in [0.15, 0.2) is 0 Å². The molecule has 2 heteroatoms. The van der Waals surface area contributed by atoms with E-state index in [1.807, 2.05) is 0 Å². The van der Waals surface area contributed by atoms with Crippen LogP contribution >= 0.6 is 0 Å². The van der Waals surface area contributed by atoms with Crippen molar-refractivity contribution in [2.24, 2.45) is 0 Å². The predicted octanol–water partition coefficient (Wildman–Crippen LogP) is 17.7. The van der Waals surface area contributed by atoms with E-state index in [0.717, 1.165) is 28.3 Å². The van der Waals surface area contributed by atoms with Crippen LogP contribution in [0.5, 0.6) is 0 Å². The van der Waals surface area contributed by atoms with Crippen molar-refractivity contribution in [1.82, 2.24) is 4.57 Å². The molecular weight excluding hydrogens is 797 g/mol. The van der Waals surface area contributed by atoms with Gasteiger partial charge in [0, 0.05) is 33.4 Å². The first-order chi connectivity index (χ1) is 32.8. The Kier molecular flexibility index (Phi) is 9.89. The Bertz CT molecular complexity index is 3660. The Labute approximate surface area is 385 Å². The van der Waals surface area contributed by atoms with Gasteiger partial charge in [-0.05, 0) is 122 Å². The first-order valence-corrected chi connectivity index (χ1v) is 22.7. The van der Waals surface area contributed by atoms with Crippen LogP contribution in [0.3, 0.4) is 0 Å². The molecule has 0 aliphatic rings. The molecule has 0 aliphatic heterocycles. The minimum Gasteiger partial charge on any atom is -0.310 e. The van der Waals surface area contributed by atoms with Gasteiger partial charge < -0.3 is 9.47 Å². The van der Waals surface area contributed by atoms with Crippen LogP contribution in [0.25, 0.3) is 93.9 Å². The van der Waals surface area contributed by atoms with E-state index in [4.69, 9.17) is 0 Å². The van der Waals surface area contributed by atoms with E-state index in [0.29, 0.717) is 0 Å². The molecule has 2 nitrogen and oxygen atoms in total. The smallest absolute Gasteiger partial charge is 0.0546 e. The number of nitrogens with zero attached hydrogens (tertiary/aromatic N) is 2. The van der Waals surface area contributed by atoms with E-state index < -0.39 is 0 Å². The zero-order valence-electron chi connectivity index (χ0n) is 36.3. The third-order valence-corrected chi connectivity index (χ3v) is 13.0. The van der Waals surface area contributed by atoms with E-state index in [1.54, 1.807) is 0 Å².